The van der Waals surface area contributed by atoms with Crippen molar-refractivity contribution in [3.63, 3.8) is 0 Å². The summed E-state index contributed by atoms with van der Waals surface area (Å²) >= 11 is 3.41. The minimum atomic E-state index is 0.648. The molecule has 0 radical (unpaired) electrons. The summed E-state index contributed by atoms with van der Waals surface area (Å²) in [6, 6.07) is 14.2. The highest BCUT2D eigenvalue weighted by atomic mass is 79.9. The van der Waals surface area contributed by atoms with E-state index in [0.29, 0.717) is 6.61 Å². The summed E-state index contributed by atoms with van der Waals surface area (Å²) in [7, 11) is 0. The second kappa shape index (κ2) is 6.62. The fourth-order valence-corrected chi connectivity index (χ4v) is 2.23. The quantitative estimate of drug-likeness (QED) is 0.816. The van der Waals surface area contributed by atoms with Gasteiger partial charge in [-0.1, -0.05) is 34.1 Å². The number of nitrogens with one attached hydrogen (secondary N) is 1. The van der Waals surface area contributed by atoms with Crippen molar-refractivity contribution >= 4 is 21.6 Å². The molecule has 0 spiro atoms. The molecule has 19 heavy (non-hydrogen) atoms. The predicted molar refractivity (Wildman–Crippen MR) is 84.0 cm³/mol. The number of ether oxygens (including phenoxy) is 1. The Morgan fingerprint density at radius 2 is 1.63 bits per heavy atom. The van der Waals surface area contributed by atoms with E-state index in [1.54, 1.807) is 0 Å². The van der Waals surface area contributed by atoms with Crippen LogP contribution in [0.4, 0.5) is 5.69 Å². The fourth-order valence-electron chi connectivity index (χ4n) is 1.97. The molecule has 0 fully saturated rings. The first kappa shape index (κ1) is 13.9. The number of anilines is 1. The molecule has 0 saturated heterocycles. The molecule has 100 valence electrons. The van der Waals surface area contributed by atoms with E-state index >= 15 is 0 Å². The van der Waals surface area contributed by atoms with Gasteiger partial charge >= 0.3 is 0 Å². The normalized spacial score (nSPS) is 10.3. The Balaban J connectivity index is 1.82. The van der Waals surface area contributed by atoms with Crippen LogP contribution in [0.1, 0.15) is 11.1 Å². The minimum Gasteiger partial charge on any atom is -0.492 e. The fraction of sp³-hybridized carbons (Fsp3) is 0.250. The van der Waals surface area contributed by atoms with Crippen molar-refractivity contribution < 1.29 is 4.74 Å². The summed E-state index contributed by atoms with van der Waals surface area (Å²) in [6.45, 7) is 5.67. The summed E-state index contributed by atoms with van der Waals surface area (Å²) in [4.78, 5) is 0. The molecule has 2 aromatic carbocycles. The zero-order chi connectivity index (χ0) is 13.7. The van der Waals surface area contributed by atoms with Gasteiger partial charge < -0.3 is 10.1 Å². The van der Waals surface area contributed by atoms with Crippen molar-refractivity contribution in [2.24, 2.45) is 0 Å². The van der Waals surface area contributed by atoms with Gasteiger partial charge in [0.2, 0.25) is 0 Å². The van der Waals surface area contributed by atoms with Crippen molar-refractivity contribution in [1.82, 2.24) is 0 Å². The maximum atomic E-state index is 5.68. The maximum absolute atomic E-state index is 5.68. The first-order chi connectivity index (χ1) is 9.16. The first-order valence-electron chi connectivity index (χ1n) is 6.35. The molecule has 2 aromatic rings. The average molecular weight is 320 g/mol. The smallest absolute Gasteiger partial charge is 0.119 e. The third kappa shape index (κ3) is 4.00. The van der Waals surface area contributed by atoms with Crippen LogP contribution in [-0.2, 0) is 0 Å². The van der Waals surface area contributed by atoms with Crippen LogP contribution in [0.2, 0.25) is 0 Å². The third-order valence-corrected chi connectivity index (χ3v) is 3.50. The molecular formula is C16H18BrNO. The van der Waals surface area contributed by atoms with Crippen LogP contribution in [0.25, 0.3) is 0 Å². The molecule has 0 aromatic heterocycles. The van der Waals surface area contributed by atoms with E-state index in [1.165, 1.54) is 16.8 Å². The highest BCUT2D eigenvalue weighted by Crippen LogP contribution is 2.19. The average Bonchev–Trinajstić information content (AvgIpc) is 2.39. The van der Waals surface area contributed by atoms with Crippen LogP contribution < -0.4 is 10.1 Å². The number of para-hydroxylation sites is 1. The Kier molecular flexibility index (Phi) is 4.86. The summed E-state index contributed by atoms with van der Waals surface area (Å²) in [5, 5.41) is 3.43. The van der Waals surface area contributed by atoms with E-state index in [9.17, 15) is 0 Å². The van der Waals surface area contributed by atoms with E-state index in [-0.39, 0.29) is 0 Å². The first-order valence-corrected chi connectivity index (χ1v) is 7.14. The third-order valence-electron chi connectivity index (χ3n) is 2.97. The van der Waals surface area contributed by atoms with Crippen molar-refractivity contribution in [2.45, 2.75) is 13.8 Å². The molecule has 0 aliphatic carbocycles. The molecule has 0 bridgehead atoms. The van der Waals surface area contributed by atoms with Crippen molar-refractivity contribution in [2.75, 3.05) is 18.5 Å². The number of aryl methyl sites for hydroxylation is 2. The molecular weight excluding hydrogens is 302 g/mol. The second-order valence-electron chi connectivity index (χ2n) is 4.50. The van der Waals surface area contributed by atoms with Gasteiger partial charge in [-0.3, -0.25) is 0 Å². The molecule has 0 aliphatic heterocycles. The molecule has 0 atom stereocenters. The molecule has 0 saturated carbocycles. The van der Waals surface area contributed by atoms with E-state index in [1.807, 2.05) is 24.3 Å². The minimum absolute atomic E-state index is 0.648. The number of rotatable bonds is 5. The van der Waals surface area contributed by atoms with Crippen LogP contribution in [0.5, 0.6) is 5.75 Å². The van der Waals surface area contributed by atoms with Crippen molar-refractivity contribution in [1.29, 1.82) is 0 Å². The highest BCUT2D eigenvalue weighted by molar-refractivity contribution is 9.10. The van der Waals surface area contributed by atoms with E-state index in [2.05, 4.69) is 53.3 Å². The lowest BCUT2D eigenvalue weighted by Gasteiger charge is -2.13. The SMILES string of the molecule is Cc1cccc(C)c1NCCOc1ccc(Br)cc1. The predicted octanol–water partition coefficient (Wildman–Crippen LogP) is 4.56. The zero-order valence-corrected chi connectivity index (χ0v) is 12.8. The van der Waals surface area contributed by atoms with Gasteiger partial charge in [-0.25, -0.2) is 0 Å². The Labute approximate surface area is 122 Å². The molecule has 1 N–H and O–H groups in total. The summed E-state index contributed by atoms with van der Waals surface area (Å²) in [5.74, 6) is 0.895. The number of benzene rings is 2. The lowest BCUT2D eigenvalue weighted by Crippen LogP contribution is -2.12. The van der Waals surface area contributed by atoms with Crippen molar-refractivity contribution in [3.8, 4) is 5.75 Å². The van der Waals surface area contributed by atoms with Gasteiger partial charge in [0, 0.05) is 16.7 Å². The van der Waals surface area contributed by atoms with Crippen LogP contribution >= 0.6 is 15.9 Å². The van der Waals surface area contributed by atoms with Crippen LogP contribution in [0.3, 0.4) is 0 Å². The molecule has 2 nitrogen and oxygen atoms in total. The number of halogens is 1. The van der Waals surface area contributed by atoms with E-state index in [4.69, 9.17) is 4.74 Å². The van der Waals surface area contributed by atoms with Gasteiger partial charge in [-0.05, 0) is 49.2 Å². The van der Waals surface area contributed by atoms with Crippen molar-refractivity contribution in [3.05, 3.63) is 58.1 Å². The Morgan fingerprint density at radius 1 is 1.00 bits per heavy atom. The monoisotopic (exact) mass is 319 g/mol. The van der Waals surface area contributed by atoms with Gasteiger partial charge in [-0.2, -0.15) is 0 Å². The van der Waals surface area contributed by atoms with Gasteiger partial charge in [0.15, 0.2) is 0 Å². The van der Waals surface area contributed by atoms with Gasteiger partial charge in [0.05, 0.1) is 0 Å². The lowest BCUT2D eigenvalue weighted by molar-refractivity contribution is 0.333. The van der Waals surface area contributed by atoms with Gasteiger partial charge in [0.25, 0.3) is 0 Å². The molecule has 3 heteroatoms. The standard InChI is InChI=1S/C16H18BrNO/c1-12-4-3-5-13(2)16(12)18-10-11-19-15-8-6-14(17)7-9-15/h3-9,18H,10-11H2,1-2H3. The highest BCUT2D eigenvalue weighted by Gasteiger charge is 2.00. The summed E-state index contributed by atoms with van der Waals surface area (Å²) < 4.78 is 6.74. The molecule has 0 amide bonds. The van der Waals surface area contributed by atoms with Crippen LogP contribution in [0, 0.1) is 13.8 Å². The molecule has 2 rings (SSSR count). The summed E-state index contributed by atoms with van der Waals surface area (Å²) in [5.41, 5.74) is 3.74. The number of hydrogen-bond donors (Lipinski definition) is 1. The molecule has 0 unspecified atom stereocenters. The van der Waals surface area contributed by atoms with Gasteiger partial charge in [-0.15, -0.1) is 0 Å². The maximum Gasteiger partial charge on any atom is 0.119 e. The second-order valence-corrected chi connectivity index (χ2v) is 5.41. The largest absolute Gasteiger partial charge is 0.492 e. The van der Waals surface area contributed by atoms with E-state index < -0.39 is 0 Å². The number of hydrogen-bond acceptors (Lipinski definition) is 2. The molecule has 0 heterocycles. The molecule has 0 aliphatic rings. The Bertz CT molecular complexity index is 517. The summed E-state index contributed by atoms with van der Waals surface area (Å²) in [6.07, 6.45) is 0. The van der Waals surface area contributed by atoms with Gasteiger partial charge in [0.1, 0.15) is 12.4 Å². The van der Waals surface area contributed by atoms with E-state index in [0.717, 1.165) is 16.8 Å². The topological polar surface area (TPSA) is 21.3 Å². The van der Waals surface area contributed by atoms with Crippen LogP contribution in [0.15, 0.2) is 46.9 Å². The Hall–Kier alpha value is -1.48. The van der Waals surface area contributed by atoms with Crippen LogP contribution in [-0.4, -0.2) is 13.2 Å². The lowest BCUT2D eigenvalue weighted by atomic mass is 10.1. The zero-order valence-electron chi connectivity index (χ0n) is 11.2. The Morgan fingerprint density at radius 3 is 2.26 bits per heavy atom.